The first-order valence-corrected chi connectivity index (χ1v) is 7.10. The summed E-state index contributed by atoms with van der Waals surface area (Å²) < 4.78 is 4.07. The molecule has 1 rings (SSSR count). The fourth-order valence-electron chi connectivity index (χ4n) is 2.10. The Morgan fingerprint density at radius 1 is 1.32 bits per heavy atom. The second-order valence-corrected chi connectivity index (χ2v) is 4.96. The molecule has 0 atom stereocenters. The minimum atomic E-state index is -0.913. The Morgan fingerprint density at radius 2 is 2.00 bits per heavy atom. The maximum atomic E-state index is 10.5. The number of imidazole rings is 1. The van der Waals surface area contributed by atoms with Crippen LogP contribution in [0.4, 0.5) is 0 Å². The molecule has 1 heterocycles. The van der Waals surface area contributed by atoms with Gasteiger partial charge in [-0.05, 0) is 18.9 Å². The van der Waals surface area contributed by atoms with Gasteiger partial charge in [-0.1, -0.05) is 32.6 Å². The van der Waals surface area contributed by atoms with Crippen molar-refractivity contribution in [3.63, 3.8) is 0 Å². The van der Waals surface area contributed by atoms with Gasteiger partial charge >= 0.3 is 5.97 Å². The minimum Gasteiger partial charge on any atom is -0.478 e. The molecule has 1 aromatic rings. The van der Waals surface area contributed by atoms with Crippen LogP contribution in [0.25, 0.3) is 6.08 Å². The van der Waals surface area contributed by atoms with Crippen molar-refractivity contribution >= 4 is 12.0 Å². The highest BCUT2D eigenvalue weighted by atomic mass is 16.4. The third-order valence-electron chi connectivity index (χ3n) is 3.19. The van der Waals surface area contributed by atoms with Crippen molar-refractivity contribution in [1.29, 1.82) is 0 Å². The van der Waals surface area contributed by atoms with Gasteiger partial charge in [0.25, 0.3) is 0 Å². The predicted molar refractivity (Wildman–Crippen MR) is 75.7 cm³/mol. The summed E-state index contributed by atoms with van der Waals surface area (Å²) in [5.41, 5.74) is 0.911. The van der Waals surface area contributed by atoms with Gasteiger partial charge in [0.1, 0.15) is 6.20 Å². The topological polar surface area (TPSA) is 46.1 Å². The summed E-state index contributed by atoms with van der Waals surface area (Å²) in [5.74, 6) is -0.913. The normalized spacial score (nSPS) is 11.3. The monoisotopic (exact) mass is 265 g/mol. The third-order valence-corrected chi connectivity index (χ3v) is 3.19. The molecule has 4 heteroatoms. The van der Waals surface area contributed by atoms with Gasteiger partial charge in [0.05, 0.1) is 13.6 Å². The Balaban J connectivity index is 2.35. The highest BCUT2D eigenvalue weighted by molar-refractivity contribution is 5.84. The molecule has 1 N–H and O–H groups in total. The SMILES string of the molecule is CCCCCCCC[n+]1cc(/C=C\C(=O)O)n(C)c1. The summed E-state index contributed by atoms with van der Waals surface area (Å²) in [6.45, 7) is 3.23. The number of rotatable bonds is 9. The molecular weight excluding hydrogens is 240 g/mol. The van der Waals surface area contributed by atoms with E-state index in [2.05, 4.69) is 11.5 Å². The Kier molecular flexibility index (Phi) is 6.93. The van der Waals surface area contributed by atoms with E-state index in [1.807, 2.05) is 24.1 Å². The Labute approximate surface area is 115 Å². The van der Waals surface area contributed by atoms with Gasteiger partial charge in [0, 0.05) is 6.08 Å². The van der Waals surface area contributed by atoms with Crippen LogP contribution in [0.3, 0.4) is 0 Å². The van der Waals surface area contributed by atoms with Gasteiger partial charge in [0.2, 0.25) is 6.33 Å². The van der Waals surface area contributed by atoms with Crippen LogP contribution in [0.15, 0.2) is 18.6 Å². The van der Waals surface area contributed by atoms with Crippen molar-refractivity contribution in [3.05, 3.63) is 24.3 Å². The van der Waals surface area contributed by atoms with Gasteiger partial charge in [-0.2, -0.15) is 0 Å². The van der Waals surface area contributed by atoms with Crippen LogP contribution in [0.5, 0.6) is 0 Å². The summed E-state index contributed by atoms with van der Waals surface area (Å²) >= 11 is 0. The van der Waals surface area contributed by atoms with Crippen LogP contribution >= 0.6 is 0 Å². The Hall–Kier alpha value is -1.58. The zero-order chi connectivity index (χ0) is 14.1. The average molecular weight is 265 g/mol. The van der Waals surface area contributed by atoms with E-state index >= 15 is 0 Å². The molecule has 106 valence electrons. The number of hydrogen-bond acceptors (Lipinski definition) is 1. The molecule has 1 aromatic heterocycles. The number of aryl methyl sites for hydroxylation is 2. The lowest BCUT2D eigenvalue weighted by molar-refractivity contribution is -0.696. The van der Waals surface area contributed by atoms with Crippen molar-refractivity contribution in [2.45, 2.75) is 52.0 Å². The number of unbranched alkanes of at least 4 members (excludes halogenated alkanes) is 5. The fraction of sp³-hybridized carbons (Fsp3) is 0.600. The van der Waals surface area contributed by atoms with Gasteiger partial charge in [0.15, 0.2) is 5.69 Å². The molecule has 0 spiro atoms. The van der Waals surface area contributed by atoms with E-state index in [1.54, 1.807) is 6.08 Å². The standard InChI is InChI=1S/C15H24N2O2/c1-3-4-5-6-7-8-11-17-12-14(16(2)13-17)9-10-15(18)19/h9-10,12-13H,3-8,11H2,1-2H3/p+1/b10-9-. The smallest absolute Gasteiger partial charge is 0.328 e. The fourth-order valence-corrected chi connectivity index (χ4v) is 2.10. The van der Waals surface area contributed by atoms with Crippen molar-refractivity contribution in [2.24, 2.45) is 7.05 Å². The summed E-state index contributed by atoms with van der Waals surface area (Å²) in [6, 6.07) is 0. The van der Waals surface area contributed by atoms with Crippen LogP contribution in [0.1, 0.15) is 51.1 Å². The zero-order valence-electron chi connectivity index (χ0n) is 12.0. The number of carboxylic acid groups (broad SMARTS) is 1. The zero-order valence-corrected chi connectivity index (χ0v) is 12.0. The molecule has 0 saturated carbocycles. The number of aromatic nitrogens is 2. The van der Waals surface area contributed by atoms with E-state index in [0.717, 1.165) is 12.2 Å². The van der Waals surface area contributed by atoms with Crippen LogP contribution in [-0.2, 0) is 18.4 Å². The molecule has 0 fully saturated rings. The lowest BCUT2D eigenvalue weighted by Crippen LogP contribution is -2.30. The molecule has 0 aliphatic rings. The molecule has 0 aliphatic carbocycles. The van der Waals surface area contributed by atoms with Crippen molar-refractivity contribution in [1.82, 2.24) is 4.57 Å². The van der Waals surface area contributed by atoms with Crippen LogP contribution in [0, 0.1) is 0 Å². The summed E-state index contributed by atoms with van der Waals surface area (Å²) in [7, 11) is 1.93. The second kappa shape index (κ2) is 8.51. The molecule has 0 aromatic carbocycles. The molecule has 0 aliphatic heterocycles. The van der Waals surface area contributed by atoms with E-state index in [-0.39, 0.29) is 0 Å². The molecule has 19 heavy (non-hydrogen) atoms. The molecule has 0 saturated heterocycles. The number of aliphatic carboxylic acids is 1. The first-order valence-electron chi connectivity index (χ1n) is 7.10. The predicted octanol–water partition coefficient (Wildman–Crippen LogP) is 2.77. The van der Waals surface area contributed by atoms with Crippen LogP contribution in [-0.4, -0.2) is 15.6 Å². The summed E-state index contributed by atoms with van der Waals surface area (Å²) in [6.07, 6.45) is 14.5. The van der Waals surface area contributed by atoms with Gasteiger partial charge in [-0.3, -0.25) is 0 Å². The molecule has 0 unspecified atom stereocenters. The van der Waals surface area contributed by atoms with Crippen LogP contribution in [0.2, 0.25) is 0 Å². The molecule has 0 amide bonds. The van der Waals surface area contributed by atoms with E-state index in [0.29, 0.717) is 0 Å². The van der Waals surface area contributed by atoms with Crippen LogP contribution < -0.4 is 4.57 Å². The van der Waals surface area contributed by atoms with E-state index in [9.17, 15) is 4.79 Å². The van der Waals surface area contributed by atoms with E-state index < -0.39 is 5.97 Å². The van der Waals surface area contributed by atoms with Gasteiger partial charge in [-0.25, -0.2) is 13.9 Å². The molecule has 0 radical (unpaired) electrons. The molecule has 0 bridgehead atoms. The lowest BCUT2D eigenvalue weighted by Gasteiger charge is -1.98. The highest BCUT2D eigenvalue weighted by Gasteiger charge is 2.07. The maximum Gasteiger partial charge on any atom is 0.328 e. The second-order valence-electron chi connectivity index (χ2n) is 4.96. The molecule has 4 nitrogen and oxygen atoms in total. The highest BCUT2D eigenvalue weighted by Crippen LogP contribution is 2.05. The largest absolute Gasteiger partial charge is 0.478 e. The minimum absolute atomic E-state index is 0.911. The number of carbonyl (C=O) groups is 1. The number of hydrogen-bond donors (Lipinski definition) is 1. The van der Waals surface area contributed by atoms with Gasteiger partial charge < -0.3 is 5.11 Å². The Morgan fingerprint density at radius 3 is 2.68 bits per heavy atom. The molecular formula is C15H25N2O2+. The maximum absolute atomic E-state index is 10.5. The van der Waals surface area contributed by atoms with Crippen molar-refractivity contribution < 1.29 is 14.5 Å². The lowest BCUT2D eigenvalue weighted by atomic mass is 10.1. The first kappa shape index (κ1) is 15.5. The summed E-state index contributed by atoms with van der Waals surface area (Å²) in [5, 5.41) is 8.61. The Bertz CT molecular complexity index is 422. The number of nitrogens with zero attached hydrogens (tertiary/aromatic N) is 2. The average Bonchev–Trinajstić information content (AvgIpc) is 2.72. The summed E-state index contributed by atoms with van der Waals surface area (Å²) in [4.78, 5) is 10.5. The third kappa shape index (κ3) is 6.22. The quantitative estimate of drug-likeness (QED) is 0.424. The first-order chi connectivity index (χ1) is 9.13. The number of carboxylic acids is 1. The van der Waals surface area contributed by atoms with E-state index in [4.69, 9.17) is 5.11 Å². The van der Waals surface area contributed by atoms with E-state index in [1.165, 1.54) is 44.6 Å². The van der Waals surface area contributed by atoms with Crippen molar-refractivity contribution in [3.8, 4) is 0 Å². The van der Waals surface area contributed by atoms with Crippen molar-refractivity contribution in [2.75, 3.05) is 0 Å². The van der Waals surface area contributed by atoms with Gasteiger partial charge in [-0.15, -0.1) is 0 Å².